The minimum Gasteiger partial charge on any atom is -0.330 e. The number of sulfone groups is 1. The van der Waals surface area contributed by atoms with Crippen LogP contribution in [0.1, 0.15) is 11.1 Å². The van der Waals surface area contributed by atoms with Crippen molar-refractivity contribution < 1.29 is 8.42 Å². The molecule has 0 radical (unpaired) electrons. The summed E-state index contributed by atoms with van der Waals surface area (Å²) in [5, 5.41) is 5.18. The van der Waals surface area contributed by atoms with Crippen LogP contribution in [0.15, 0.2) is 99.3 Å². The molecular formula is C24H21IN2O2S. The van der Waals surface area contributed by atoms with Crippen molar-refractivity contribution in [2.24, 2.45) is 4.99 Å². The number of hydrogen-bond acceptors (Lipinski definition) is 4. The van der Waals surface area contributed by atoms with Crippen LogP contribution in [0.4, 0.5) is 0 Å². The highest BCUT2D eigenvalue weighted by Crippen LogP contribution is 2.30. The molecule has 1 heterocycles. The fourth-order valence-corrected chi connectivity index (χ4v) is 5.11. The number of nitrogens with zero attached hydrogens (tertiary/aromatic N) is 1. The van der Waals surface area contributed by atoms with Crippen LogP contribution in [-0.2, 0) is 22.7 Å². The van der Waals surface area contributed by atoms with E-state index < -0.39 is 9.84 Å². The molecule has 0 spiro atoms. The third kappa shape index (κ3) is 4.49. The van der Waals surface area contributed by atoms with Gasteiger partial charge in [0, 0.05) is 12.1 Å². The monoisotopic (exact) mass is 528 g/mol. The summed E-state index contributed by atoms with van der Waals surface area (Å²) in [5.74, 6) is -0.00570. The Morgan fingerprint density at radius 2 is 1.63 bits per heavy atom. The Bertz CT molecular complexity index is 1270. The number of fused-ring (bicyclic) bond motifs is 1. The predicted octanol–water partition coefficient (Wildman–Crippen LogP) is 5.16. The van der Waals surface area contributed by atoms with Gasteiger partial charge in [0.2, 0.25) is 15.0 Å². The Kier molecular flexibility index (Phi) is 6.06. The van der Waals surface area contributed by atoms with Crippen LogP contribution < -0.4 is 5.32 Å². The molecule has 4 nitrogen and oxygen atoms in total. The summed E-state index contributed by atoms with van der Waals surface area (Å²) >= 11 is 2.18. The quantitative estimate of drug-likeness (QED) is 0.466. The van der Waals surface area contributed by atoms with Gasteiger partial charge in [0.25, 0.3) is 0 Å². The summed E-state index contributed by atoms with van der Waals surface area (Å²) in [6.45, 7) is 4.01. The molecule has 0 fully saturated rings. The maximum atomic E-state index is 13.0. The normalized spacial score (nSPS) is 14.6. The van der Waals surface area contributed by atoms with Gasteiger partial charge in [-0.2, -0.15) is 0 Å². The second kappa shape index (κ2) is 8.73. The molecule has 1 aliphatic rings. The predicted molar refractivity (Wildman–Crippen MR) is 132 cm³/mol. The maximum Gasteiger partial charge on any atom is 0.225 e. The Morgan fingerprint density at radius 3 is 2.43 bits per heavy atom. The Hall–Kier alpha value is -2.45. The Labute approximate surface area is 190 Å². The minimum absolute atomic E-state index is 0.00570. The zero-order chi connectivity index (χ0) is 21.1. The zero-order valence-corrected chi connectivity index (χ0v) is 19.3. The average Bonchev–Trinajstić information content (AvgIpc) is 2.76. The van der Waals surface area contributed by atoms with Crippen LogP contribution in [0.25, 0.3) is 10.8 Å². The molecule has 0 bridgehead atoms. The summed E-state index contributed by atoms with van der Waals surface area (Å²) in [5.41, 5.74) is 3.38. The highest BCUT2D eigenvalue weighted by atomic mass is 127. The van der Waals surface area contributed by atoms with Gasteiger partial charge >= 0.3 is 0 Å². The molecule has 0 unspecified atom stereocenters. The Balaban J connectivity index is 1.63. The molecule has 3 aromatic rings. The third-order valence-electron chi connectivity index (χ3n) is 5.05. The Morgan fingerprint density at radius 1 is 0.933 bits per heavy atom. The van der Waals surface area contributed by atoms with Gasteiger partial charge in [0.1, 0.15) is 0 Å². The van der Waals surface area contributed by atoms with Crippen molar-refractivity contribution in [2.45, 2.75) is 12.8 Å². The summed E-state index contributed by atoms with van der Waals surface area (Å²) in [7, 11) is -3.57. The van der Waals surface area contributed by atoms with Gasteiger partial charge in [-0.1, -0.05) is 79.4 Å². The fraction of sp³-hybridized carbons (Fsp3) is 0.125. The molecule has 4 rings (SSSR count). The van der Waals surface area contributed by atoms with Crippen LogP contribution in [-0.4, -0.2) is 19.3 Å². The van der Waals surface area contributed by atoms with Gasteiger partial charge in [-0.3, -0.25) is 0 Å². The molecule has 3 aromatic carbocycles. The molecule has 6 heteroatoms. The van der Waals surface area contributed by atoms with E-state index in [0.717, 1.165) is 25.5 Å². The van der Waals surface area contributed by atoms with E-state index in [2.05, 4.69) is 63.7 Å². The van der Waals surface area contributed by atoms with E-state index >= 15 is 0 Å². The van der Waals surface area contributed by atoms with Gasteiger partial charge in [-0.15, -0.1) is 0 Å². The lowest BCUT2D eigenvalue weighted by Gasteiger charge is -2.20. The second-order valence-corrected chi connectivity index (χ2v) is 10.3. The van der Waals surface area contributed by atoms with Gasteiger partial charge in [0.05, 0.1) is 15.0 Å². The van der Waals surface area contributed by atoms with Crippen molar-refractivity contribution in [2.75, 3.05) is 5.75 Å². The van der Waals surface area contributed by atoms with Crippen molar-refractivity contribution >= 4 is 48.4 Å². The van der Waals surface area contributed by atoms with Crippen molar-refractivity contribution in [3.05, 3.63) is 105 Å². The molecule has 0 aromatic heterocycles. The summed E-state index contributed by atoms with van der Waals surface area (Å²) < 4.78 is 26.8. The number of aryl methyl sites for hydroxylation is 1. The first-order valence-corrected chi connectivity index (χ1v) is 12.3. The lowest BCUT2D eigenvalue weighted by molar-refractivity contribution is 0.605. The van der Waals surface area contributed by atoms with Crippen molar-refractivity contribution in [3.63, 3.8) is 0 Å². The minimum atomic E-state index is -3.57. The van der Waals surface area contributed by atoms with Crippen LogP contribution in [0.3, 0.4) is 0 Å². The van der Waals surface area contributed by atoms with Crippen molar-refractivity contribution in [1.29, 1.82) is 0 Å². The molecule has 152 valence electrons. The highest BCUT2D eigenvalue weighted by Gasteiger charge is 2.26. The lowest BCUT2D eigenvalue weighted by atomic mass is 10.0. The van der Waals surface area contributed by atoms with Gasteiger partial charge < -0.3 is 5.32 Å². The second-order valence-electron chi connectivity index (χ2n) is 7.15. The summed E-state index contributed by atoms with van der Waals surface area (Å²) in [4.78, 5) is 4.53. The van der Waals surface area contributed by atoms with Crippen molar-refractivity contribution in [1.82, 2.24) is 5.32 Å². The van der Waals surface area contributed by atoms with Gasteiger partial charge in [0.15, 0.2) is 0 Å². The van der Waals surface area contributed by atoms with E-state index in [9.17, 15) is 8.42 Å². The molecule has 1 N–H and O–H groups in total. The van der Waals surface area contributed by atoms with Crippen LogP contribution >= 0.6 is 22.6 Å². The molecule has 0 amide bonds. The number of allylic oxidation sites excluding steroid dienone is 2. The number of nitrogens with one attached hydrogen (secondary N) is 1. The van der Waals surface area contributed by atoms with E-state index in [1.54, 1.807) is 0 Å². The van der Waals surface area contributed by atoms with Crippen molar-refractivity contribution in [3.8, 4) is 0 Å². The van der Waals surface area contributed by atoms with E-state index in [1.807, 2.05) is 48.5 Å². The lowest BCUT2D eigenvalue weighted by Crippen LogP contribution is -2.35. The van der Waals surface area contributed by atoms with Crippen LogP contribution in [0, 0.1) is 0 Å². The average molecular weight is 528 g/mol. The molecule has 0 atom stereocenters. The molecule has 30 heavy (non-hydrogen) atoms. The van der Waals surface area contributed by atoms with Gasteiger partial charge in [-0.25, -0.2) is 13.4 Å². The third-order valence-corrected chi connectivity index (χ3v) is 7.85. The van der Waals surface area contributed by atoms with Crippen LogP contribution in [0.2, 0.25) is 0 Å². The largest absolute Gasteiger partial charge is 0.330 e. The van der Waals surface area contributed by atoms with Gasteiger partial charge in [-0.05, 0) is 50.9 Å². The molecule has 1 aliphatic heterocycles. The SMILES string of the molecule is C=C1NC(S(=O)(=O)CCc2ccccc2)=NC(Cc2cccc3ccccc23)=C1I. The number of benzene rings is 3. The molecule has 0 aliphatic carbocycles. The molecule has 0 saturated carbocycles. The van der Waals surface area contributed by atoms with E-state index in [-0.39, 0.29) is 10.9 Å². The first-order valence-electron chi connectivity index (χ1n) is 9.61. The number of hydrogen-bond donors (Lipinski definition) is 1. The first kappa shape index (κ1) is 20.8. The number of aliphatic imine (C=N–C) groups is 1. The fourth-order valence-electron chi connectivity index (χ4n) is 3.44. The van der Waals surface area contributed by atoms with E-state index in [4.69, 9.17) is 0 Å². The first-order chi connectivity index (χ1) is 14.4. The molecular weight excluding hydrogens is 507 g/mol. The van der Waals surface area contributed by atoms with Crippen LogP contribution in [0.5, 0.6) is 0 Å². The van der Waals surface area contributed by atoms with E-state index in [0.29, 0.717) is 24.2 Å². The summed E-state index contributed by atoms with van der Waals surface area (Å²) in [6, 6.07) is 23.9. The maximum absolute atomic E-state index is 13.0. The number of halogens is 1. The molecule has 0 saturated heterocycles. The smallest absolute Gasteiger partial charge is 0.225 e. The number of amidine groups is 1. The zero-order valence-electron chi connectivity index (χ0n) is 16.3. The van der Waals surface area contributed by atoms with E-state index in [1.165, 1.54) is 0 Å². The topological polar surface area (TPSA) is 58.5 Å². The standard InChI is InChI=1S/C24H21IN2O2S/c1-17-23(25)22(16-20-12-7-11-19-10-5-6-13-21(19)20)27-24(26-17)30(28,29)15-14-18-8-3-2-4-9-18/h2-13H,1,14-16H2,(H,26,27). The summed E-state index contributed by atoms with van der Waals surface area (Å²) in [6.07, 6.45) is 0.980. The highest BCUT2D eigenvalue weighted by molar-refractivity contribution is 14.1. The number of rotatable bonds is 5.